The molecule has 4 heteroatoms. The van der Waals surface area contributed by atoms with Crippen molar-refractivity contribution in [2.75, 3.05) is 26.9 Å². The first-order chi connectivity index (χ1) is 8.17. The predicted octanol–water partition coefficient (Wildman–Crippen LogP) is 1.23. The Kier molecular flexibility index (Phi) is 6.15. The van der Waals surface area contributed by atoms with Crippen LogP contribution in [0.2, 0.25) is 0 Å². The maximum absolute atomic E-state index is 10.1. The number of hydrogen-bond acceptors (Lipinski definition) is 4. The van der Waals surface area contributed by atoms with Crippen molar-refractivity contribution in [2.45, 2.75) is 18.6 Å². The van der Waals surface area contributed by atoms with Crippen LogP contribution in [0.25, 0.3) is 0 Å². The molecule has 0 aromatic heterocycles. The van der Waals surface area contributed by atoms with E-state index >= 15 is 0 Å². The number of methoxy groups -OCH3 is 1. The molecule has 1 unspecified atom stereocenters. The lowest BCUT2D eigenvalue weighted by molar-refractivity contribution is 0.0155. The molecule has 0 spiro atoms. The van der Waals surface area contributed by atoms with E-state index in [1.807, 2.05) is 30.3 Å². The second-order valence-electron chi connectivity index (χ2n) is 4.00. The monoisotopic (exact) mass is 239 g/mol. The third-order valence-corrected chi connectivity index (χ3v) is 2.55. The molecular weight excluding hydrogens is 218 g/mol. The Bertz CT molecular complexity index is 301. The molecule has 0 radical (unpaired) electrons. The number of rotatable bonds is 8. The van der Waals surface area contributed by atoms with E-state index in [-0.39, 0.29) is 0 Å². The van der Waals surface area contributed by atoms with Gasteiger partial charge in [0.25, 0.3) is 0 Å². The normalized spacial score (nSPS) is 14.5. The molecule has 0 amide bonds. The lowest BCUT2D eigenvalue weighted by Gasteiger charge is -2.23. The minimum atomic E-state index is -1.27. The maximum atomic E-state index is 10.1. The molecule has 0 bridgehead atoms. The van der Waals surface area contributed by atoms with E-state index in [2.05, 4.69) is 0 Å². The lowest BCUT2D eigenvalue weighted by atomic mass is 9.99. The highest BCUT2D eigenvalue weighted by Gasteiger charge is 2.22. The summed E-state index contributed by atoms with van der Waals surface area (Å²) in [6, 6.07) is 9.27. The van der Waals surface area contributed by atoms with Crippen LogP contribution in [0.4, 0.5) is 0 Å². The molecule has 1 rings (SSSR count). The fourth-order valence-electron chi connectivity index (χ4n) is 1.56. The first-order valence-corrected chi connectivity index (χ1v) is 5.80. The maximum Gasteiger partial charge on any atom is 0.139 e. The van der Waals surface area contributed by atoms with E-state index in [0.29, 0.717) is 32.7 Å². The second-order valence-corrected chi connectivity index (χ2v) is 4.00. The second kappa shape index (κ2) is 7.40. The van der Waals surface area contributed by atoms with Crippen LogP contribution in [0.15, 0.2) is 30.3 Å². The zero-order valence-electron chi connectivity index (χ0n) is 10.3. The van der Waals surface area contributed by atoms with Gasteiger partial charge in [0.1, 0.15) is 5.72 Å². The molecule has 1 atom stereocenters. The van der Waals surface area contributed by atoms with Gasteiger partial charge >= 0.3 is 0 Å². The molecule has 1 aromatic carbocycles. The molecule has 0 aliphatic rings. The smallest absolute Gasteiger partial charge is 0.139 e. The fraction of sp³-hybridized carbons (Fsp3) is 0.538. The van der Waals surface area contributed by atoms with Crippen molar-refractivity contribution in [2.24, 2.45) is 5.73 Å². The van der Waals surface area contributed by atoms with Crippen LogP contribution in [-0.4, -0.2) is 32.0 Å². The molecule has 0 fully saturated rings. The fourth-order valence-corrected chi connectivity index (χ4v) is 1.56. The van der Waals surface area contributed by atoms with Crippen molar-refractivity contribution in [1.29, 1.82) is 0 Å². The third-order valence-electron chi connectivity index (χ3n) is 2.55. The van der Waals surface area contributed by atoms with Crippen molar-refractivity contribution in [3.05, 3.63) is 35.9 Å². The first-order valence-electron chi connectivity index (χ1n) is 5.80. The highest BCUT2D eigenvalue weighted by Crippen LogP contribution is 2.20. The Morgan fingerprint density at radius 1 is 1.18 bits per heavy atom. The summed E-state index contributed by atoms with van der Waals surface area (Å²) in [5, 5.41) is 10.1. The number of benzene rings is 1. The van der Waals surface area contributed by atoms with Gasteiger partial charge in [-0.15, -0.1) is 0 Å². The Hall–Kier alpha value is -0.940. The van der Waals surface area contributed by atoms with E-state index in [0.717, 1.165) is 5.56 Å². The van der Waals surface area contributed by atoms with Crippen LogP contribution in [0.1, 0.15) is 18.4 Å². The molecule has 96 valence electrons. The summed E-state index contributed by atoms with van der Waals surface area (Å²) in [5.74, 6) is 0. The van der Waals surface area contributed by atoms with E-state index in [1.54, 1.807) is 7.11 Å². The van der Waals surface area contributed by atoms with Gasteiger partial charge in [0.15, 0.2) is 0 Å². The summed E-state index contributed by atoms with van der Waals surface area (Å²) in [4.78, 5) is 0. The molecule has 3 N–H and O–H groups in total. The van der Waals surface area contributed by atoms with E-state index in [1.165, 1.54) is 0 Å². The molecular formula is C13H21NO3. The topological polar surface area (TPSA) is 64.7 Å². The van der Waals surface area contributed by atoms with Gasteiger partial charge in [-0.2, -0.15) is 0 Å². The number of ether oxygens (including phenoxy) is 2. The Labute approximate surface area is 102 Å². The number of hydrogen-bond donors (Lipinski definition) is 2. The first kappa shape index (κ1) is 14.1. The van der Waals surface area contributed by atoms with E-state index < -0.39 is 5.72 Å². The molecule has 0 heterocycles. The standard InChI is InChI=1S/C13H21NO3/c1-16-10-11-17-9-5-8-13(14,15)12-6-3-2-4-7-12/h2-4,6-7,15H,5,8-11,14H2,1H3. The SMILES string of the molecule is COCCOCCCC(N)(O)c1ccccc1. The van der Waals surface area contributed by atoms with Gasteiger partial charge in [-0.1, -0.05) is 30.3 Å². The minimum Gasteiger partial charge on any atom is -0.382 e. The van der Waals surface area contributed by atoms with Crippen molar-refractivity contribution in [1.82, 2.24) is 0 Å². The lowest BCUT2D eigenvalue weighted by Crippen LogP contribution is -2.36. The highest BCUT2D eigenvalue weighted by atomic mass is 16.5. The zero-order chi connectivity index (χ0) is 12.6. The number of nitrogens with two attached hydrogens (primary N) is 1. The summed E-state index contributed by atoms with van der Waals surface area (Å²) >= 11 is 0. The van der Waals surface area contributed by atoms with Crippen LogP contribution in [0, 0.1) is 0 Å². The Morgan fingerprint density at radius 3 is 2.53 bits per heavy atom. The molecule has 17 heavy (non-hydrogen) atoms. The van der Waals surface area contributed by atoms with Gasteiger partial charge < -0.3 is 14.6 Å². The van der Waals surface area contributed by atoms with Crippen molar-refractivity contribution < 1.29 is 14.6 Å². The Balaban J connectivity index is 2.26. The largest absolute Gasteiger partial charge is 0.382 e. The van der Waals surface area contributed by atoms with Crippen LogP contribution in [0.5, 0.6) is 0 Å². The van der Waals surface area contributed by atoms with Gasteiger partial charge in [0, 0.05) is 13.7 Å². The van der Waals surface area contributed by atoms with Gasteiger partial charge in [-0.05, 0) is 18.4 Å². The van der Waals surface area contributed by atoms with Crippen LogP contribution in [0.3, 0.4) is 0 Å². The molecule has 0 saturated heterocycles. The summed E-state index contributed by atoms with van der Waals surface area (Å²) in [5.41, 5.74) is 5.32. The van der Waals surface area contributed by atoms with E-state index in [4.69, 9.17) is 15.2 Å². The molecule has 1 aromatic rings. The van der Waals surface area contributed by atoms with Crippen molar-refractivity contribution in [3.63, 3.8) is 0 Å². The predicted molar refractivity (Wildman–Crippen MR) is 66.5 cm³/mol. The minimum absolute atomic E-state index is 0.476. The summed E-state index contributed by atoms with van der Waals surface area (Å²) < 4.78 is 10.2. The molecule has 0 saturated carbocycles. The van der Waals surface area contributed by atoms with Gasteiger partial charge in [0.2, 0.25) is 0 Å². The quantitative estimate of drug-likeness (QED) is 0.529. The number of aliphatic hydroxyl groups is 1. The molecule has 0 aliphatic carbocycles. The average Bonchev–Trinajstić information content (AvgIpc) is 2.35. The van der Waals surface area contributed by atoms with Gasteiger partial charge in [0.05, 0.1) is 13.2 Å². The summed E-state index contributed by atoms with van der Waals surface area (Å²) in [6.45, 7) is 1.74. The Morgan fingerprint density at radius 2 is 1.88 bits per heavy atom. The summed E-state index contributed by atoms with van der Waals surface area (Å²) in [7, 11) is 1.64. The van der Waals surface area contributed by atoms with Crippen molar-refractivity contribution >= 4 is 0 Å². The van der Waals surface area contributed by atoms with E-state index in [9.17, 15) is 5.11 Å². The third kappa shape index (κ3) is 5.28. The van der Waals surface area contributed by atoms with Crippen molar-refractivity contribution in [3.8, 4) is 0 Å². The van der Waals surface area contributed by atoms with Crippen LogP contribution in [-0.2, 0) is 15.2 Å². The zero-order valence-corrected chi connectivity index (χ0v) is 10.3. The van der Waals surface area contributed by atoms with Gasteiger partial charge in [-0.3, -0.25) is 5.73 Å². The average molecular weight is 239 g/mol. The van der Waals surface area contributed by atoms with Crippen LogP contribution >= 0.6 is 0 Å². The molecule has 0 aliphatic heterocycles. The van der Waals surface area contributed by atoms with Crippen LogP contribution < -0.4 is 5.73 Å². The summed E-state index contributed by atoms with van der Waals surface area (Å²) in [6.07, 6.45) is 1.19. The highest BCUT2D eigenvalue weighted by molar-refractivity contribution is 5.20. The van der Waals surface area contributed by atoms with Gasteiger partial charge in [-0.25, -0.2) is 0 Å². The molecule has 4 nitrogen and oxygen atoms in total.